The smallest absolute Gasteiger partial charge is 0.267 e. The number of nitrogens with zero attached hydrogens (tertiary/aromatic N) is 2. The quantitative estimate of drug-likeness (QED) is 0.773. The summed E-state index contributed by atoms with van der Waals surface area (Å²) in [5, 5.41) is 13.1. The number of nitrogens with one attached hydrogen (secondary N) is 1. The van der Waals surface area contributed by atoms with Gasteiger partial charge in [-0.1, -0.05) is 18.7 Å². The Bertz CT molecular complexity index is 554. The van der Waals surface area contributed by atoms with Crippen LogP contribution in [0.3, 0.4) is 0 Å². The number of thioether (sulfide) groups is 1. The van der Waals surface area contributed by atoms with Gasteiger partial charge >= 0.3 is 0 Å². The maximum atomic E-state index is 12.1. The lowest BCUT2D eigenvalue weighted by Gasteiger charge is -2.21. The monoisotopic (exact) mass is 283 g/mol. The SMILES string of the molecule is CCC(C)(O)CNC(=O)c1cnc2n(c1=O)CCS2. The van der Waals surface area contributed by atoms with Gasteiger partial charge in [-0.05, 0) is 13.3 Å². The van der Waals surface area contributed by atoms with Gasteiger partial charge in [0.05, 0.1) is 5.60 Å². The van der Waals surface area contributed by atoms with Gasteiger partial charge < -0.3 is 10.4 Å². The van der Waals surface area contributed by atoms with Gasteiger partial charge in [0.2, 0.25) is 0 Å². The van der Waals surface area contributed by atoms with Crippen molar-refractivity contribution >= 4 is 17.7 Å². The number of hydrogen-bond donors (Lipinski definition) is 2. The lowest BCUT2D eigenvalue weighted by Crippen LogP contribution is -2.42. The molecule has 6 nitrogen and oxygen atoms in total. The Labute approximate surface area is 115 Å². The number of fused-ring (bicyclic) bond motifs is 1. The van der Waals surface area contributed by atoms with E-state index in [9.17, 15) is 14.7 Å². The number of rotatable bonds is 4. The minimum absolute atomic E-state index is 0.0261. The lowest BCUT2D eigenvalue weighted by molar-refractivity contribution is 0.0517. The summed E-state index contributed by atoms with van der Waals surface area (Å²) >= 11 is 1.50. The summed E-state index contributed by atoms with van der Waals surface area (Å²) in [4.78, 5) is 28.1. The molecule has 0 fully saturated rings. The molecule has 1 atom stereocenters. The molecule has 0 saturated carbocycles. The first-order valence-electron chi connectivity index (χ1n) is 6.18. The largest absolute Gasteiger partial charge is 0.388 e. The predicted molar refractivity (Wildman–Crippen MR) is 72.5 cm³/mol. The number of carbonyl (C=O) groups excluding carboxylic acids is 1. The molecule has 104 valence electrons. The van der Waals surface area contributed by atoms with Crippen LogP contribution >= 0.6 is 11.8 Å². The molecule has 1 unspecified atom stereocenters. The second-order valence-corrected chi connectivity index (χ2v) is 5.85. The first-order valence-corrected chi connectivity index (χ1v) is 7.16. The molecule has 2 rings (SSSR count). The zero-order chi connectivity index (χ0) is 14.0. The first kappa shape index (κ1) is 14.1. The molecule has 1 amide bonds. The summed E-state index contributed by atoms with van der Waals surface area (Å²) < 4.78 is 1.51. The highest BCUT2D eigenvalue weighted by atomic mass is 32.2. The first-order chi connectivity index (χ1) is 8.94. The van der Waals surface area contributed by atoms with E-state index >= 15 is 0 Å². The Morgan fingerprint density at radius 1 is 1.68 bits per heavy atom. The molecule has 19 heavy (non-hydrogen) atoms. The van der Waals surface area contributed by atoms with Crippen LogP contribution in [0, 0.1) is 0 Å². The Morgan fingerprint density at radius 2 is 2.42 bits per heavy atom. The molecule has 0 saturated heterocycles. The maximum Gasteiger partial charge on any atom is 0.267 e. The van der Waals surface area contributed by atoms with Crippen molar-refractivity contribution in [2.75, 3.05) is 12.3 Å². The van der Waals surface area contributed by atoms with Crippen LogP contribution in [0.2, 0.25) is 0 Å². The topological polar surface area (TPSA) is 84.2 Å². The summed E-state index contributed by atoms with van der Waals surface area (Å²) in [5.74, 6) is 0.316. The van der Waals surface area contributed by atoms with Gasteiger partial charge in [-0.3, -0.25) is 14.2 Å². The molecule has 0 spiro atoms. The van der Waals surface area contributed by atoms with Crippen molar-refractivity contribution in [1.29, 1.82) is 0 Å². The van der Waals surface area contributed by atoms with Crippen molar-refractivity contribution in [3.05, 3.63) is 22.1 Å². The molecular weight excluding hydrogens is 266 g/mol. The Kier molecular flexibility index (Phi) is 3.96. The highest BCUT2D eigenvalue weighted by Gasteiger charge is 2.22. The Balaban J connectivity index is 2.15. The average molecular weight is 283 g/mol. The van der Waals surface area contributed by atoms with Gasteiger partial charge in [-0.15, -0.1) is 0 Å². The molecule has 0 aromatic carbocycles. The summed E-state index contributed by atoms with van der Waals surface area (Å²) in [6.07, 6.45) is 1.83. The van der Waals surface area contributed by atoms with Gasteiger partial charge in [0.1, 0.15) is 5.56 Å². The van der Waals surface area contributed by atoms with E-state index in [0.29, 0.717) is 18.1 Å². The Hall–Kier alpha value is -1.34. The molecule has 7 heteroatoms. The summed E-state index contributed by atoms with van der Waals surface area (Å²) in [6, 6.07) is 0. The third-order valence-electron chi connectivity index (χ3n) is 3.19. The van der Waals surface area contributed by atoms with Crippen molar-refractivity contribution in [3.63, 3.8) is 0 Å². The summed E-state index contributed by atoms with van der Waals surface area (Å²) in [6.45, 7) is 4.16. The highest BCUT2D eigenvalue weighted by Crippen LogP contribution is 2.20. The van der Waals surface area contributed by atoms with Crippen LogP contribution in [-0.4, -0.2) is 38.5 Å². The van der Waals surface area contributed by atoms with E-state index in [1.807, 2.05) is 6.92 Å². The summed E-state index contributed by atoms with van der Waals surface area (Å²) in [7, 11) is 0. The van der Waals surface area contributed by atoms with Gasteiger partial charge in [0, 0.05) is 25.0 Å². The van der Waals surface area contributed by atoms with Gasteiger partial charge in [-0.2, -0.15) is 0 Å². The third-order valence-corrected chi connectivity index (χ3v) is 4.16. The van der Waals surface area contributed by atoms with E-state index in [1.165, 1.54) is 22.5 Å². The zero-order valence-corrected chi connectivity index (χ0v) is 11.8. The number of aliphatic hydroxyl groups is 1. The van der Waals surface area contributed by atoms with Crippen molar-refractivity contribution in [2.24, 2.45) is 0 Å². The van der Waals surface area contributed by atoms with E-state index < -0.39 is 11.5 Å². The van der Waals surface area contributed by atoms with E-state index in [4.69, 9.17) is 0 Å². The van der Waals surface area contributed by atoms with Crippen LogP contribution in [0.15, 0.2) is 16.1 Å². The van der Waals surface area contributed by atoms with Crippen LogP contribution < -0.4 is 10.9 Å². The molecule has 0 radical (unpaired) electrons. The molecule has 2 N–H and O–H groups in total. The van der Waals surface area contributed by atoms with E-state index in [1.54, 1.807) is 6.92 Å². The molecule has 1 aromatic rings. The van der Waals surface area contributed by atoms with Crippen molar-refractivity contribution < 1.29 is 9.90 Å². The third kappa shape index (κ3) is 2.98. The second-order valence-electron chi connectivity index (χ2n) is 4.79. The molecule has 0 aliphatic carbocycles. The zero-order valence-electron chi connectivity index (χ0n) is 11.0. The van der Waals surface area contributed by atoms with Crippen LogP contribution in [0.25, 0.3) is 0 Å². The maximum absolute atomic E-state index is 12.1. The van der Waals surface area contributed by atoms with Crippen LogP contribution in [0.5, 0.6) is 0 Å². The highest BCUT2D eigenvalue weighted by molar-refractivity contribution is 7.99. The van der Waals surface area contributed by atoms with Gasteiger partial charge in [0.15, 0.2) is 5.16 Å². The standard InChI is InChI=1S/C12H17N3O3S/c1-3-12(2,18)7-14-9(16)8-6-13-11-15(10(8)17)4-5-19-11/h6,18H,3-5,7H2,1-2H3,(H,14,16). The van der Waals surface area contributed by atoms with Gasteiger partial charge in [-0.25, -0.2) is 4.98 Å². The van der Waals surface area contributed by atoms with Crippen molar-refractivity contribution in [2.45, 2.75) is 37.6 Å². The minimum Gasteiger partial charge on any atom is -0.388 e. The molecule has 1 aliphatic heterocycles. The lowest BCUT2D eigenvalue weighted by atomic mass is 10.0. The van der Waals surface area contributed by atoms with Crippen molar-refractivity contribution in [3.8, 4) is 0 Å². The fraction of sp³-hybridized carbons (Fsp3) is 0.583. The van der Waals surface area contributed by atoms with E-state index in [0.717, 1.165) is 5.75 Å². The average Bonchev–Trinajstić information content (AvgIpc) is 2.86. The minimum atomic E-state index is -0.966. The molecule has 1 aromatic heterocycles. The Morgan fingerprint density at radius 3 is 3.11 bits per heavy atom. The number of aromatic nitrogens is 2. The second kappa shape index (κ2) is 5.34. The van der Waals surface area contributed by atoms with Crippen molar-refractivity contribution in [1.82, 2.24) is 14.9 Å². The molecule has 1 aliphatic rings. The summed E-state index contributed by atoms with van der Waals surface area (Å²) in [5.41, 5.74) is -1.26. The fourth-order valence-corrected chi connectivity index (χ4v) is 2.58. The molecule has 2 heterocycles. The number of amides is 1. The number of hydrogen-bond acceptors (Lipinski definition) is 5. The van der Waals surface area contributed by atoms with E-state index in [-0.39, 0.29) is 17.7 Å². The normalized spacial score (nSPS) is 16.8. The van der Waals surface area contributed by atoms with Gasteiger partial charge in [0.25, 0.3) is 11.5 Å². The van der Waals surface area contributed by atoms with Crippen LogP contribution in [0.4, 0.5) is 0 Å². The fourth-order valence-electron chi connectivity index (χ4n) is 1.66. The molecular formula is C12H17N3O3S. The number of carbonyl (C=O) groups is 1. The van der Waals surface area contributed by atoms with Crippen LogP contribution in [-0.2, 0) is 6.54 Å². The van der Waals surface area contributed by atoms with Crippen LogP contribution in [0.1, 0.15) is 30.6 Å². The molecule has 0 bridgehead atoms. The predicted octanol–water partition coefficient (Wildman–Crippen LogP) is 0.240. The van der Waals surface area contributed by atoms with E-state index in [2.05, 4.69) is 10.3 Å².